The Morgan fingerprint density at radius 2 is 1.87 bits per heavy atom. The van der Waals surface area contributed by atoms with Crippen LogP contribution in [0.1, 0.15) is 43.0 Å². The van der Waals surface area contributed by atoms with Gasteiger partial charge in [0.15, 0.2) is 18.2 Å². The molecule has 2 aromatic carbocycles. The average Bonchev–Trinajstić information content (AvgIpc) is 3.49. The van der Waals surface area contributed by atoms with Crippen molar-refractivity contribution < 1.29 is 24.0 Å². The van der Waals surface area contributed by atoms with Crippen molar-refractivity contribution in [3.8, 4) is 5.75 Å². The number of carbonyl (C=O) groups excluding carboxylic acids is 2. The Balaban J connectivity index is 0.000000786. The zero-order valence-electron chi connectivity index (χ0n) is 21.0. The molecule has 1 aliphatic rings. The number of aryl methyl sites for hydroxylation is 1. The van der Waals surface area contributed by atoms with E-state index in [1.807, 2.05) is 42.7 Å². The molecule has 0 unspecified atom stereocenters. The molecule has 5 rings (SSSR count). The van der Waals surface area contributed by atoms with Crippen LogP contribution in [0.15, 0.2) is 71.5 Å². The van der Waals surface area contributed by atoms with Crippen LogP contribution in [-0.2, 0) is 22.6 Å². The van der Waals surface area contributed by atoms with Crippen LogP contribution in [-0.4, -0.2) is 23.3 Å². The maximum Gasteiger partial charge on any atom is 0.170 e. The number of pyridine rings is 1. The number of benzene rings is 2. The number of Topliss-reactive ketones (excluding diaryl/α,β-unsaturated/α-hetero) is 1. The van der Waals surface area contributed by atoms with Gasteiger partial charge in [-0.1, -0.05) is 39.7 Å². The van der Waals surface area contributed by atoms with Crippen molar-refractivity contribution in [2.24, 2.45) is 0 Å². The number of unbranched alkanes of at least 4 members (excludes halogenated alkanes) is 1. The number of halogens is 2. The molecule has 6 nitrogen and oxygen atoms in total. The van der Waals surface area contributed by atoms with Crippen LogP contribution < -0.4 is 14.4 Å². The highest BCUT2D eigenvalue weighted by Crippen LogP contribution is 2.36. The summed E-state index contributed by atoms with van der Waals surface area (Å²) in [5.74, 6) is -0.468. The lowest BCUT2D eigenvalue weighted by atomic mass is 10.1. The average molecular weight is 596 g/mol. The number of rotatable bonds is 9. The summed E-state index contributed by atoms with van der Waals surface area (Å²) in [5, 5.41) is 10.4. The Morgan fingerprint density at radius 1 is 1.11 bits per heavy atom. The third-order valence-corrected chi connectivity index (χ3v) is 6.91. The van der Waals surface area contributed by atoms with E-state index in [0.717, 1.165) is 53.8 Å². The summed E-state index contributed by atoms with van der Waals surface area (Å²) in [7, 11) is 0. The Hall–Kier alpha value is -3.42. The summed E-state index contributed by atoms with van der Waals surface area (Å²) in [6.45, 7) is 1.91. The number of hydrogen-bond donors (Lipinski definition) is 1. The molecular weight excluding hydrogens is 568 g/mol. The molecule has 0 fully saturated rings. The molecule has 1 aliphatic carbocycles. The van der Waals surface area contributed by atoms with E-state index in [9.17, 15) is 4.79 Å². The van der Waals surface area contributed by atoms with Crippen molar-refractivity contribution >= 4 is 61.8 Å². The topological polar surface area (TPSA) is 86.1 Å². The number of aromatic nitrogens is 2. The van der Waals surface area contributed by atoms with Crippen molar-refractivity contribution in [2.45, 2.75) is 39.2 Å². The second-order valence-corrected chi connectivity index (χ2v) is 10.5. The Bertz CT molecular complexity index is 1480. The predicted molar refractivity (Wildman–Crippen MR) is 151 cm³/mol. The minimum Gasteiger partial charge on any atom is -0.550 e. The summed E-state index contributed by atoms with van der Waals surface area (Å²) >= 11 is 10.0. The lowest BCUT2D eigenvalue weighted by molar-refractivity contribution is -0.697. The van der Waals surface area contributed by atoms with E-state index in [2.05, 4.69) is 55.8 Å². The first kappa shape index (κ1) is 27.6. The van der Waals surface area contributed by atoms with Gasteiger partial charge in [-0.25, -0.2) is 4.57 Å². The molecule has 0 radical (unpaired) electrons. The Morgan fingerprint density at radius 3 is 2.63 bits per heavy atom. The second kappa shape index (κ2) is 12.9. The third-order valence-electron chi connectivity index (χ3n) is 6.12. The predicted octanol–water partition coefficient (Wildman–Crippen LogP) is 5.54. The van der Waals surface area contributed by atoms with Gasteiger partial charge in [-0.2, -0.15) is 0 Å². The van der Waals surface area contributed by atoms with Crippen molar-refractivity contribution in [1.82, 2.24) is 4.98 Å². The molecule has 2 heterocycles. The van der Waals surface area contributed by atoms with E-state index in [0.29, 0.717) is 17.2 Å². The number of hydrogen-bond acceptors (Lipinski definition) is 4. The minimum absolute atomic E-state index is 0.0343. The van der Waals surface area contributed by atoms with E-state index < -0.39 is 5.97 Å². The lowest BCUT2D eigenvalue weighted by Gasteiger charge is -2.07. The minimum atomic E-state index is -1.08. The number of H-pyrrole nitrogens is 1. The quantitative estimate of drug-likeness (QED) is 0.203. The molecule has 4 aromatic rings. The standard InChI is InChI=1S/C28H25BrClN2O2.C2H4O2/c29-23-8-7-19-12-21(13-20(19)14-23)26-16-22-15-25(30)28(17-27(22)31-26)34-18-24(33)6-2-5-11-32-9-3-1-4-10-32;1-2(3)4/h1,3-4,7-10,12,14-17,31H,2,5-6,11,13,18H2;1H3,(H,3,4)/q+1;/p-1. The number of aliphatic carboxylic acids is 1. The zero-order valence-corrected chi connectivity index (χ0v) is 23.3. The Kier molecular flexibility index (Phi) is 9.37. The van der Waals surface area contributed by atoms with Crippen molar-refractivity contribution in [3.63, 3.8) is 0 Å². The summed E-state index contributed by atoms with van der Waals surface area (Å²) < 4.78 is 9.01. The molecule has 1 N–H and O–H groups in total. The lowest BCUT2D eigenvalue weighted by Crippen LogP contribution is -2.32. The summed E-state index contributed by atoms with van der Waals surface area (Å²) in [5.41, 5.74) is 5.82. The van der Waals surface area contributed by atoms with Gasteiger partial charge in [0.05, 0.1) is 5.02 Å². The molecule has 0 spiro atoms. The molecule has 0 aliphatic heterocycles. The highest BCUT2D eigenvalue weighted by Gasteiger charge is 2.17. The molecule has 0 amide bonds. The van der Waals surface area contributed by atoms with Gasteiger partial charge in [0.2, 0.25) is 0 Å². The number of carboxylic acids is 1. The van der Waals surface area contributed by atoms with E-state index in [1.54, 1.807) is 0 Å². The third kappa shape index (κ3) is 7.55. The molecule has 8 heteroatoms. The van der Waals surface area contributed by atoms with Crippen molar-refractivity contribution in [3.05, 3.63) is 93.3 Å². The highest BCUT2D eigenvalue weighted by atomic mass is 79.9. The van der Waals surface area contributed by atoms with Gasteiger partial charge in [0, 0.05) is 64.5 Å². The van der Waals surface area contributed by atoms with Crippen molar-refractivity contribution in [2.75, 3.05) is 6.61 Å². The van der Waals surface area contributed by atoms with Crippen LogP contribution >= 0.6 is 27.5 Å². The molecule has 0 saturated carbocycles. The monoisotopic (exact) mass is 594 g/mol. The summed E-state index contributed by atoms with van der Waals surface area (Å²) in [6.07, 6.45) is 9.48. The van der Waals surface area contributed by atoms with Gasteiger partial charge in [0.1, 0.15) is 18.9 Å². The smallest absolute Gasteiger partial charge is 0.170 e. The van der Waals surface area contributed by atoms with Gasteiger partial charge in [0.25, 0.3) is 0 Å². The molecule has 0 saturated heterocycles. The first-order valence-electron chi connectivity index (χ1n) is 12.4. The van der Waals surface area contributed by atoms with E-state index in [4.69, 9.17) is 26.2 Å². The molecule has 38 heavy (non-hydrogen) atoms. The van der Waals surface area contributed by atoms with Crippen LogP contribution in [0.2, 0.25) is 5.02 Å². The largest absolute Gasteiger partial charge is 0.550 e. The number of aromatic amines is 1. The van der Waals surface area contributed by atoms with Gasteiger partial charge >= 0.3 is 0 Å². The number of fused-ring (bicyclic) bond motifs is 2. The maximum atomic E-state index is 12.3. The molecular formula is C30H28BrClN2O4. The van der Waals surface area contributed by atoms with Crippen LogP contribution in [0.3, 0.4) is 0 Å². The number of ether oxygens (including phenoxy) is 1. The first-order valence-corrected chi connectivity index (χ1v) is 13.5. The number of allylic oxidation sites excluding steroid dienone is 1. The van der Waals surface area contributed by atoms with Crippen LogP contribution in [0.25, 0.3) is 22.6 Å². The number of carbonyl (C=O) groups is 2. The SMILES string of the molecule is CC(=O)[O-].O=C(CCCC[n+]1ccccc1)COc1cc2[nH]c(C3=Cc4ccc(Br)cc4C3)cc2cc1Cl. The van der Waals surface area contributed by atoms with E-state index >= 15 is 0 Å². The molecule has 2 aromatic heterocycles. The van der Waals surface area contributed by atoms with Gasteiger partial charge < -0.3 is 19.6 Å². The fourth-order valence-electron chi connectivity index (χ4n) is 4.33. The first-order chi connectivity index (χ1) is 18.3. The highest BCUT2D eigenvalue weighted by molar-refractivity contribution is 9.10. The summed E-state index contributed by atoms with van der Waals surface area (Å²) in [4.78, 5) is 24.7. The van der Waals surface area contributed by atoms with Crippen molar-refractivity contribution in [1.29, 1.82) is 0 Å². The van der Waals surface area contributed by atoms with Crippen LogP contribution in [0, 0.1) is 0 Å². The van der Waals surface area contributed by atoms with Gasteiger partial charge in [-0.15, -0.1) is 0 Å². The van der Waals surface area contributed by atoms with E-state index in [-0.39, 0.29) is 12.4 Å². The second-order valence-electron chi connectivity index (χ2n) is 9.13. The Labute approximate surface area is 235 Å². The van der Waals surface area contributed by atoms with Gasteiger partial charge in [-0.05, 0) is 60.4 Å². The number of nitrogens with zero attached hydrogens (tertiary/aromatic N) is 1. The maximum absolute atomic E-state index is 12.3. The molecule has 196 valence electrons. The van der Waals surface area contributed by atoms with E-state index in [1.165, 1.54) is 16.7 Å². The number of carboxylic acid groups (broad SMARTS) is 1. The normalized spacial score (nSPS) is 11.9. The number of nitrogens with one attached hydrogen (secondary N) is 1. The fourth-order valence-corrected chi connectivity index (χ4v) is 4.97. The van der Waals surface area contributed by atoms with Crippen LogP contribution in [0.4, 0.5) is 0 Å². The molecule has 0 atom stereocenters. The van der Waals surface area contributed by atoms with Crippen LogP contribution in [0.5, 0.6) is 5.75 Å². The molecule has 0 bridgehead atoms. The van der Waals surface area contributed by atoms with Gasteiger partial charge in [-0.3, -0.25) is 4.79 Å². The zero-order chi connectivity index (χ0) is 27.1. The fraction of sp³-hybridized carbons (Fsp3) is 0.233. The number of ketones is 1. The summed E-state index contributed by atoms with van der Waals surface area (Å²) in [6, 6.07) is 18.3.